The van der Waals surface area contributed by atoms with Gasteiger partial charge in [0.1, 0.15) is 12.6 Å². The van der Waals surface area contributed by atoms with Crippen LogP contribution >= 0.6 is 0 Å². The van der Waals surface area contributed by atoms with Gasteiger partial charge in [0, 0.05) is 17.6 Å². The van der Waals surface area contributed by atoms with Crippen LogP contribution in [-0.4, -0.2) is 40.0 Å². The third-order valence-corrected chi connectivity index (χ3v) is 3.44. The number of para-hydroxylation sites is 1. The third kappa shape index (κ3) is 2.92. The molecule has 1 aliphatic rings. The van der Waals surface area contributed by atoms with E-state index < -0.39 is 11.5 Å². The maximum absolute atomic E-state index is 12.6. The van der Waals surface area contributed by atoms with E-state index in [0.29, 0.717) is 6.42 Å². The van der Waals surface area contributed by atoms with Crippen LogP contribution in [0.3, 0.4) is 0 Å². The van der Waals surface area contributed by atoms with E-state index in [4.69, 9.17) is 5.11 Å². The number of fused-ring (bicyclic) bond motifs is 1. The number of amides is 1. The Balaban J connectivity index is 2.16. The van der Waals surface area contributed by atoms with Crippen LogP contribution in [0.15, 0.2) is 24.3 Å². The standard InChI is InChI=1S/C15H20N2O3/c1-15(2,3)17(9-13(18)19)14(20)12-8-10-6-4-5-7-11(10)16-12/h4-7,12,16H,8-9H2,1-3H3,(H,18,19). The number of carboxylic acids is 1. The SMILES string of the molecule is CC(C)(C)N(CC(=O)O)C(=O)C1Cc2ccccc2N1. The summed E-state index contributed by atoms with van der Waals surface area (Å²) < 4.78 is 0. The number of rotatable bonds is 3. The number of carboxylic acid groups (broad SMARTS) is 1. The second-order valence-electron chi connectivity index (χ2n) is 6.05. The summed E-state index contributed by atoms with van der Waals surface area (Å²) in [6, 6.07) is 7.38. The molecule has 1 aliphatic heterocycles. The van der Waals surface area contributed by atoms with Gasteiger partial charge in [-0.05, 0) is 32.4 Å². The highest BCUT2D eigenvalue weighted by Gasteiger charge is 2.35. The van der Waals surface area contributed by atoms with Crippen molar-refractivity contribution in [3.63, 3.8) is 0 Å². The molecule has 0 saturated heterocycles. The molecule has 0 radical (unpaired) electrons. The number of benzene rings is 1. The molecule has 0 fully saturated rings. The van der Waals surface area contributed by atoms with Gasteiger partial charge in [0.15, 0.2) is 0 Å². The first-order valence-electron chi connectivity index (χ1n) is 6.67. The highest BCUT2D eigenvalue weighted by Crippen LogP contribution is 2.27. The average molecular weight is 276 g/mol. The highest BCUT2D eigenvalue weighted by molar-refractivity contribution is 5.90. The van der Waals surface area contributed by atoms with Crippen LogP contribution in [0.1, 0.15) is 26.3 Å². The Morgan fingerprint density at radius 2 is 2.00 bits per heavy atom. The van der Waals surface area contributed by atoms with E-state index in [9.17, 15) is 9.59 Å². The molecule has 1 aromatic carbocycles. The third-order valence-electron chi connectivity index (χ3n) is 3.44. The zero-order chi connectivity index (χ0) is 14.9. The van der Waals surface area contributed by atoms with E-state index in [-0.39, 0.29) is 18.5 Å². The summed E-state index contributed by atoms with van der Waals surface area (Å²) in [4.78, 5) is 25.0. The highest BCUT2D eigenvalue weighted by atomic mass is 16.4. The van der Waals surface area contributed by atoms with Crippen LogP contribution in [0.4, 0.5) is 5.69 Å². The van der Waals surface area contributed by atoms with Gasteiger partial charge in [-0.3, -0.25) is 9.59 Å². The lowest BCUT2D eigenvalue weighted by molar-refractivity contribution is -0.148. The Kier molecular flexibility index (Phi) is 3.70. The molecular weight excluding hydrogens is 256 g/mol. The summed E-state index contributed by atoms with van der Waals surface area (Å²) in [6.07, 6.45) is 0.598. The fourth-order valence-corrected chi connectivity index (χ4v) is 2.42. The number of hydrogen-bond donors (Lipinski definition) is 2. The van der Waals surface area contributed by atoms with Gasteiger partial charge >= 0.3 is 5.97 Å². The Morgan fingerprint density at radius 3 is 2.55 bits per heavy atom. The Labute approximate surface area is 118 Å². The van der Waals surface area contributed by atoms with Crippen LogP contribution in [0.25, 0.3) is 0 Å². The second kappa shape index (κ2) is 5.15. The zero-order valence-corrected chi connectivity index (χ0v) is 12.0. The van der Waals surface area contributed by atoms with Crippen LogP contribution in [0.5, 0.6) is 0 Å². The lowest BCUT2D eigenvalue weighted by Crippen LogP contribution is -2.53. The molecule has 1 atom stereocenters. The summed E-state index contributed by atoms with van der Waals surface area (Å²) in [5, 5.41) is 12.2. The monoisotopic (exact) mass is 276 g/mol. The van der Waals surface area contributed by atoms with Gasteiger partial charge < -0.3 is 15.3 Å². The van der Waals surface area contributed by atoms with Crippen LogP contribution in [0.2, 0.25) is 0 Å². The molecule has 0 bridgehead atoms. The van der Waals surface area contributed by atoms with Crippen molar-refractivity contribution in [1.82, 2.24) is 4.90 Å². The molecule has 1 heterocycles. The number of hydrogen-bond acceptors (Lipinski definition) is 3. The van der Waals surface area contributed by atoms with Crippen LogP contribution < -0.4 is 5.32 Å². The van der Waals surface area contributed by atoms with Crippen molar-refractivity contribution < 1.29 is 14.7 Å². The van der Waals surface area contributed by atoms with Crippen molar-refractivity contribution in [1.29, 1.82) is 0 Å². The van der Waals surface area contributed by atoms with Gasteiger partial charge in [-0.2, -0.15) is 0 Å². The van der Waals surface area contributed by atoms with E-state index >= 15 is 0 Å². The molecule has 1 unspecified atom stereocenters. The van der Waals surface area contributed by atoms with Gasteiger partial charge in [-0.25, -0.2) is 0 Å². The lowest BCUT2D eigenvalue weighted by Gasteiger charge is -2.36. The minimum absolute atomic E-state index is 0.170. The molecule has 0 aromatic heterocycles. The van der Waals surface area contributed by atoms with Crippen molar-refractivity contribution in [3.05, 3.63) is 29.8 Å². The number of carbonyl (C=O) groups is 2. The number of anilines is 1. The number of aliphatic carboxylic acids is 1. The average Bonchev–Trinajstić information content (AvgIpc) is 2.77. The summed E-state index contributed by atoms with van der Waals surface area (Å²) in [7, 11) is 0. The first-order chi connectivity index (χ1) is 9.29. The van der Waals surface area contributed by atoms with Crippen molar-refractivity contribution >= 4 is 17.6 Å². The maximum Gasteiger partial charge on any atom is 0.323 e. The van der Waals surface area contributed by atoms with Crippen molar-refractivity contribution in [2.24, 2.45) is 0 Å². The molecule has 1 aromatic rings. The minimum atomic E-state index is -0.996. The molecule has 5 heteroatoms. The van der Waals surface area contributed by atoms with E-state index in [1.165, 1.54) is 4.90 Å². The first kappa shape index (κ1) is 14.4. The summed E-state index contributed by atoms with van der Waals surface area (Å²) in [6.45, 7) is 5.25. The number of carbonyl (C=O) groups excluding carboxylic acids is 1. The molecule has 1 amide bonds. The Bertz CT molecular complexity index is 509. The molecule has 0 aliphatic carbocycles. The fraction of sp³-hybridized carbons (Fsp3) is 0.467. The Hall–Kier alpha value is -2.04. The molecular formula is C15H20N2O3. The molecule has 5 nitrogen and oxygen atoms in total. The predicted molar refractivity (Wildman–Crippen MR) is 76.7 cm³/mol. The molecule has 108 valence electrons. The summed E-state index contributed by atoms with van der Waals surface area (Å²) in [5.41, 5.74) is 1.52. The molecule has 20 heavy (non-hydrogen) atoms. The zero-order valence-electron chi connectivity index (χ0n) is 12.0. The maximum atomic E-state index is 12.6. The number of nitrogens with zero attached hydrogens (tertiary/aromatic N) is 1. The van der Waals surface area contributed by atoms with Crippen molar-refractivity contribution in [3.8, 4) is 0 Å². The van der Waals surface area contributed by atoms with Crippen molar-refractivity contribution in [2.75, 3.05) is 11.9 Å². The predicted octanol–water partition coefficient (Wildman–Crippen LogP) is 1.73. The van der Waals surface area contributed by atoms with Crippen LogP contribution in [-0.2, 0) is 16.0 Å². The van der Waals surface area contributed by atoms with E-state index in [1.54, 1.807) is 0 Å². The normalized spacial score (nSPS) is 17.2. The largest absolute Gasteiger partial charge is 0.480 e. The second-order valence-corrected chi connectivity index (χ2v) is 6.05. The van der Waals surface area contributed by atoms with Gasteiger partial charge in [-0.15, -0.1) is 0 Å². The molecule has 2 rings (SSSR count). The topological polar surface area (TPSA) is 69.6 Å². The van der Waals surface area contributed by atoms with Gasteiger partial charge in [-0.1, -0.05) is 18.2 Å². The van der Waals surface area contributed by atoms with Gasteiger partial charge in [0.25, 0.3) is 0 Å². The molecule has 0 saturated carbocycles. The summed E-state index contributed by atoms with van der Waals surface area (Å²) >= 11 is 0. The van der Waals surface area contributed by atoms with Gasteiger partial charge in [0.2, 0.25) is 5.91 Å². The summed E-state index contributed by atoms with van der Waals surface area (Å²) in [5.74, 6) is -1.17. The van der Waals surface area contributed by atoms with Crippen molar-refractivity contribution in [2.45, 2.75) is 38.8 Å². The Morgan fingerprint density at radius 1 is 1.35 bits per heavy atom. The van der Waals surface area contributed by atoms with E-state index in [2.05, 4.69) is 5.32 Å². The fourth-order valence-electron chi connectivity index (χ4n) is 2.42. The quantitative estimate of drug-likeness (QED) is 0.882. The van der Waals surface area contributed by atoms with Gasteiger partial charge in [0.05, 0.1) is 0 Å². The minimum Gasteiger partial charge on any atom is -0.480 e. The molecule has 2 N–H and O–H groups in total. The van der Waals surface area contributed by atoms with Crippen LogP contribution in [0, 0.1) is 0 Å². The number of nitrogens with one attached hydrogen (secondary N) is 1. The lowest BCUT2D eigenvalue weighted by atomic mass is 10.0. The van der Waals surface area contributed by atoms with E-state index in [0.717, 1.165) is 11.3 Å². The first-order valence-corrected chi connectivity index (χ1v) is 6.67. The smallest absolute Gasteiger partial charge is 0.323 e. The molecule has 0 spiro atoms. The van der Waals surface area contributed by atoms with E-state index in [1.807, 2.05) is 45.0 Å².